The molecule has 3 amide bonds. The lowest BCUT2D eigenvalue weighted by Crippen LogP contribution is -2.64. The number of alkyl halides is 3. The number of allylic oxidation sites excluding steroid dienone is 1. The molecule has 1 unspecified atom stereocenters. The molecule has 2 aromatic heterocycles. The fourth-order valence-corrected chi connectivity index (χ4v) is 10.9. The smallest absolute Gasteiger partial charge is 0.386 e. The van der Waals surface area contributed by atoms with Gasteiger partial charge in [-0.05, 0) is 99.6 Å². The van der Waals surface area contributed by atoms with Crippen molar-refractivity contribution in [2.75, 3.05) is 42.9 Å². The molecule has 3 aliphatic heterocycles. The largest absolute Gasteiger partial charge is 0.433 e. The summed E-state index contributed by atoms with van der Waals surface area (Å²) in [5.41, 5.74) is 1.38. The third-order valence-electron chi connectivity index (χ3n) is 12.7. The van der Waals surface area contributed by atoms with Crippen LogP contribution in [0.5, 0.6) is 0 Å². The Balaban J connectivity index is 0.759. The van der Waals surface area contributed by atoms with Crippen molar-refractivity contribution in [3.63, 3.8) is 0 Å². The number of benzene rings is 2. The van der Waals surface area contributed by atoms with Gasteiger partial charge in [-0.1, -0.05) is 41.7 Å². The van der Waals surface area contributed by atoms with E-state index in [1.165, 1.54) is 22.3 Å². The van der Waals surface area contributed by atoms with Crippen LogP contribution in [-0.2, 0) is 23.0 Å². The number of carbonyl (C=O) groups is 4. The second kappa shape index (κ2) is 14.3. The van der Waals surface area contributed by atoms with Gasteiger partial charge in [-0.3, -0.25) is 24.1 Å². The number of imide groups is 1. The minimum absolute atomic E-state index is 0.112. The Kier molecular flexibility index (Phi) is 9.59. The molecule has 4 aromatic rings. The van der Waals surface area contributed by atoms with Gasteiger partial charge in [-0.25, -0.2) is 9.97 Å². The van der Waals surface area contributed by atoms with E-state index in [1.54, 1.807) is 32.0 Å². The molecule has 0 radical (unpaired) electrons. The van der Waals surface area contributed by atoms with Gasteiger partial charge < -0.3 is 20.2 Å². The third-order valence-corrected chi connectivity index (χ3v) is 13.8. The quantitative estimate of drug-likeness (QED) is 0.125. The number of carbonyl (C=O) groups excluding carboxylic acids is 4. The van der Waals surface area contributed by atoms with Gasteiger partial charge in [0.05, 0.1) is 33.0 Å². The SMILES string of the molecule is C=C1CCC(N2C(=O)c3cccc(CCC4CC5(C4)CN(CC4CN(c6nc7cc(C(C)(C)O)c(NC(=O)c8cccc(C(F)(F)F)n8)cc7s6)C4)C5)c3C2=O)C(=O)C1. The van der Waals surface area contributed by atoms with E-state index in [1.807, 2.05) is 12.1 Å². The number of halogens is 3. The van der Waals surface area contributed by atoms with Gasteiger partial charge in [0.25, 0.3) is 17.7 Å². The molecular weight excluding hydrogens is 782 g/mol. The number of nitrogens with one attached hydrogen (secondary N) is 1. The van der Waals surface area contributed by atoms with Crippen LogP contribution >= 0.6 is 11.3 Å². The van der Waals surface area contributed by atoms with Crippen molar-refractivity contribution in [3.05, 3.63) is 94.3 Å². The number of hydrogen-bond donors (Lipinski definition) is 2. The first-order valence-electron chi connectivity index (χ1n) is 20.1. The number of likely N-dealkylation sites (tertiary alicyclic amines) is 1. The number of aryl methyl sites for hydroxylation is 1. The number of anilines is 2. The summed E-state index contributed by atoms with van der Waals surface area (Å²) < 4.78 is 40.5. The van der Waals surface area contributed by atoms with Crippen molar-refractivity contribution >= 4 is 55.9 Å². The number of hydrogen-bond acceptors (Lipinski definition) is 10. The Bertz CT molecular complexity index is 2420. The number of pyridine rings is 1. The average molecular weight is 827 g/mol. The fraction of sp³-hybridized carbons (Fsp3) is 0.455. The zero-order valence-corrected chi connectivity index (χ0v) is 33.7. The van der Waals surface area contributed by atoms with Gasteiger partial charge >= 0.3 is 6.18 Å². The number of thiazole rings is 1. The lowest BCUT2D eigenvalue weighted by atomic mass is 9.56. The Hall–Kier alpha value is -4.99. The van der Waals surface area contributed by atoms with Crippen LogP contribution in [0.15, 0.2) is 60.7 Å². The summed E-state index contributed by atoms with van der Waals surface area (Å²) in [5.74, 6) is -0.553. The number of fused-ring (bicyclic) bond motifs is 2. The monoisotopic (exact) mass is 826 g/mol. The summed E-state index contributed by atoms with van der Waals surface area (Å²) in [5, 5.41) is 14.4. The lowest BCUT2D eigenvalue weighted by Gasteiger charge is -2.60. The van der Waals surface area contributed by atoms with Crippen LogP contribution in [0.2, 0.25) is 0 Å². The normalized spacial score (nSPS) is 21.2. The van der Waals surface area contributed by atoms with Gasteiger partial charge in [0.1, 0.15) is 11.4 Å². The van der Waals surface area contributed by atoms with Crippen molar-refractivity contribution < 1.29 is 37.5 Å². The van der Waals surface area contributed by atoms with Gasteiger partial charge in [-0.2, -0.15) is 13.2 Å². The highest BCUT2D eigenvalue weighted by molar-refractivity contribution is 7.22. The third kappa shape index (κ3) is 7.35. The first kappa shape index (κ1) is 39.5. The molecule has 2 aliphatic carbocycles. The van der Waals surface area contributed by atoms with E-state index in [2.05, 4.69) is 26.7 Å². The maximum absolute atomic E-state index is 13.6. The van der Waals surface area contributed by atoms with Crippen molar-refractivity contribution in [2.24, 2.45) is 17.3 Å². The number of Topliss-reactive ketones (excluding diaryl/α,β-unsaturated/α-hetero) is 1. The minimum Gasteiger partial charge on any atom is -0.386 e. The second-order valence-electron chi connectivity index (χ2n) is 17.8. The molecule has 15 heteroatoms. The average Bonchev–Trinajstić information content (AvgIpc) is 3.65. The van der Waals surface area contributed by atoms with Crippen LogP contribution in [0.25, 0.3) is 10.2 Å². The molecule has 9 rings (SSSR count). The van der Waals surface area contributed by atoms with Crippen molar-refractivity contribution in [1.82, 2.24) is 19.8 Å². The Morgan fingerprint density at radius 2 is 1.76 bits per heavy atom. The Labute approximate surface area is 343 Å². The highest BCUT2D eigenvalue weighted by atomic mass is 32.1. The first-order valence-corrected chi connectivity index (χ1v) is 21.0. The predicted octanol–water partition coefficient (Wildman–Crippen LogP) is 7.24. The van der Waals surface area contributed by atoms with E-state index in [9.17, 15) is 37.5 Å². The summed E-state index contributed by atoms with van der Waals surface area (Å²) in [6.07, 6.45) is 0.607. The van der Waals surface area contributed by atoms with Crippen LogP contribution < -0.4 is 10.2 Å². The van der Waals surface area contributed by atoms with E-state index < -0.39 is 29.4 Å². The van der Waals surface area contributed by atoms with Crippen LogP contribution in [0.3, 0.4) is 0 Å². The number of ketones is 1. The summed E-state index contributed by atoms with van der Waals surface area (Å²) in [7, 11) is 0. The molecule has 0 bridgehead atoms. The number of aromatic nitrogens is 2. The minimum atomic E-state index is -4.69. The lowest BCUT2D eigenvalue weighted by molar-refractivity contribution is -0.141. The molecule has 2 saturated carbocycles. The van der Waals surface area contributed by atoms with Crippen molar-refractivity contribution in [1.29, 1.82) is 0 Å². The van der Waals surface area contributed by atoms with Crippen LogP contribution in [0.1, 0.15) is 100 Å². The second-order valence-corrected chi connectivity index (χ2v) is 18.8. The maximum Gasteiger partial charge on any atom is 0.433 e. The number of rotatable bonds is 10. The van der Waals surface area contributed by atoms with Gasteiger partial charge in [0.15, 0.2) is 10.9 Å². The molecule has 5 heterocycles. The van der Waals surface area contributed by atoms with E-state index in [-0.39, 0.29) is 35.4 Å². The molecular formula is C44H45F3N6O5S. The molecule has 5 aliphatic rings. The zero-order valence-electron chi connectivity index (χ0n) is 32.9. The van der Waals surface area contributed by atoms with Gasteiger partial charge in [0, 0.05) is 56.3 Å². The highest BCUT2D eigenvalue weighted by Gasteiger charge is 2.52. The molecule has 1 spiro atoms. The standard InChI is InChI=1S/C44H45F3N6O5S/c1-24-10-13-33(34(54)14-24)53-39(56)28-7-4-6-27(37(28)40(53)57)12-11-25-17-43(18-25)22-51(23-43)19-26-20-52(21-26)41-50-32-15-29(42(2,3)58)31(16-35(32)59-41)49-38(55)30-8-5-9-36(48-30)44(45,46)47/h4-9,15-16,25-26,33,58H,1,10-14,17-23H2,2-3H3,(H,49,55). The fourth-order valence-electron chi connectivity index (χ4n) is 9.93. The molecule has 2 aromatic carbocycles. The summed E-state index contributed by atoms with van der Waals surface area (Å²) in [6, 6.07) is 11.4. The molecule has 2 saturated heterocycles. The van der Waals surface area contributed by atoms with Crippen molar-refractivity contribution in [3.8, 4) is 0 Å². The van der Waals surface area contributed by atoms with E-state index in [4.69, 9.17) is 4.98 Å². The predicted molar refractivity (Wildman–Crippen MR) is 216 cm³/mol. The Morgan fingerprint density at radius 3 is 2.47 bits per heavy atom. The zero-order chi connectivity index (χ0) is 41.6. The number of nitrogens with zero attached hydrogens (tertiary/aromatic N) is 5. The molecule has 11 nitrogen and oxygen atoms in total. The maximum atomic E-state index is 13.6. The first-order chi connectivity index (χ1) is 27.9. The molecule has 4 fully saturated rings. The highest BCUT2D eigenvalue weighted by Crippen LogP contribution is 2.54. The van der Waals surface area contributed by atoms with Crippen LogP contribution in [-0.4, -0.2) is 87.1 Å². The number of amides is 3. The molecule has 1 atom stereocenters. The van der Waals surface area contributed by atoms with E-state index in [0.717, 1.165) is 91.5 Å². The Morgan fingerprint density at radius 1 is 1.02 bits per heavy atom. The van der Waals surface area contributed by atoms with Crippen LogP contribution in [0.4, 0.5) is 24.0 Å². The topological polar surface area (TPSA) is 136 Å². The summed E-state index contributed by atoms with van der Waals surface area (Å²) in [6.45, 7) is 11.9. The van der Waals surface area contributed by atoms with E-state index >= 15 is 0 Å². The van der Waals surface area contributed by atoms with Gasteiger partial charge in [0.2, 0.25) is 0 Å². The van der Waals surface area contributed by atoms with Crippen LogP contribution in [0, 0.1) is 17.3 Å². The van der Waals surface area contributed by atoms with Gasteiger partial charge in [-0.15, -0.1) is 0 Å². The number of aliphatic hydroxyl groups is 1. The summed E-state index contributed by atoms with van der Waals surface area (Å²) in [4.78, 5) is 67.0. The summed E-state index contributed by atoms with van der Waals surface area (Å²) >= 11 is 1.46. The molecule has 308 valence electrons. The van der Waals surface area contributed by atoms with Crippen molar-refractivity contribution in [2.45, 2.75) is 76.6 Å². The molecule has 2 N–H and O–H groups in total. The van der Waals surface area contributed by atoms with E-state index in [0.29, 0.717) is 52.3 Å². The molecule has 59 heavy (non-hydrogen) atoms.